The minimum atomic E-state index is -0.395. The second-order valence-electron chi connectivity index (χ2n) is 8.55. The first-order valence-corrected chi connectivity index (χ1v) is 10.7. The van der Waals surface area contributed by atoms with Crippen LogP contribution >= 0.6 is 0 Å². The van der Waals surface area contributed by atoms with Crippen LogP contribution in [0.2, 0.25) is 0 Å². The van der Waals surface area contributed by atoms with Gasteiger partial charge in [-0.2, -0.15) is 0 Å². The molecule has 0 saturated carbocycles. The van der Waals surface area contributed by atoms with Crippen molar-refractivity contribution < 1.29 is 5.11 Å². The summed E-state index contributed by atoms with van der Waals surface area (Å²) in [5.74, 6) is 0. The van der Waals surface area contributed by atoms with Gasteiger partial charge in [0.1, 0.15) is 0 Å². The van der Waals surface area contributed by atoms with Gasteiger partial charge in [-0.3, -0.25) is 4.90 Å². The van der Waals surface area contributed by atoms with E-state index in [1.165, 1.54) is 63.4 Å². The Morgan fingerprint density at radius 2 is 1.60 bits per heavy atom. The molecule has 140 valence electrons. The fraction of sp³-hybridized carbons (Fsp3) is 0.739. The summed E-state index contributed by atoms with van der Waals surface area (Å²) in [5, 5.41) is 11.2. The van der Waals surface area contributed by atoms with Gasteiger partial charge in [0.2, 0.25) is 0 Å². The summed E-state index contributed by atoms with van der Waals surface area (Å²) in [6, 6.07) is 12.0. The lowest BCUT2D eigenvalue weighted by atomic mass is 9.73. The second kappa shape index (κ2) is 9.19. The van der Waals surface area contributed by atoms with Gasteiger partial charge >= 0.3 is 0 Å². The molecule has 1 N–H and O–H groups in total. The van der Waals surface area contributed by atoms with E-state index in [-0.39, 0.29) is 0 Å². The van der Waals surface area contributed by atoms with Crippen LogP contribution < -0.4 is 0 Å². The number of piperidine rings is 2. The van der Waals surface area contributed by atoms with Crippen molar-refractivity contribution in [1.29, 1.82) is 0 Å². The van der Waals surface area contributed by atoms with Crippen LogP contribution in [0.3, 0.4) is 0 Å². The summed E-state index contributed by atoms with van der Waals surface area (Å²) < 4.78 is 0. The van der Waals surface area contributed by atoms with Crippen LogP contribution in [-0.4, -0.2) is 27.7 Å². The first kappa shape index (κ1) is 18.9. The fourth-order valence-corrected chi connectivity index (χ4v) is 5.11. The zero-order chi connectivity index (χ0) is 17.5. The molecule has 2 fully saturated rings. The Hall–Kier alpha value is -0.860. The van der Waals surface area contributed by atoms with E-state index < -0.39 is 5.60 Å². The van der Waals surface area contributed by atoms with Crippen molar-refractivity contribution in [3.8, 4) is 0 Å². The van der Waals surface area contributed by atoms with Gasteiger partial charge in [0.15, 0.2) is 0 Å². The number of rotatable bonds is 9. The van der Waals surface area contributed by atoms with Gasteiger partial charge < -0.3 is 5.11 Å². The van der Waals surface area contributed by atoms with Crippen LogP contribution in [0.25, 0.3) is 0 Å². The largest absolute Gasteiger partial charge is 0.390 e. The Kier molecular flexibility index (Phi) is 6.95. The molecule has 2 bridgehead atoms. The lowest BCUT2D eigenvalue weighted by Gasteiger charge is -2.52. The van der Waals surface area contributed by atoms with Crippen LogP contribution in [-0.2, 0) is 6.54 Å². The number of hydrogen-bond acceptors (Lipinski definition) is 2. The molecule has 2 unspecified atom stereocenters. The molecule has 2 aliphatic heterocycles. The highest BCUT2D eigenvalue weighted by Crippen LogP contribution is 2.42. The third kappa shape index (κ3) is 5.31. The molecule has 1 aromatic rings. The number of benzene rings is 1. The molecule has 0 radical (unpaired) electrons. The Morgan fingerprint density at radius 3 is 2.28 bits per heavy atom. The maximum Gasteiger partial charge on any atom is 0.0677 e. The Morgan fingerprint density at radius 1 is 0.960 bits per heavy atom. The molecule has 25 heavy (non-hydrogen) atoms. The third-order valence-corrected chi connectivity index (χ3v) is 6.45. The first-order chi connectivity index (χ1) is 12.2. The summed E-state index contributed by atoms with van der Waals surface area (Å²) in [4.78, 5) is 2.70. The minimum Gasteiger partial charge on any atom is -0.390 e. The summed E-state index contributed by atoms with van der Waals surface area (Å²) in [5.41, 5.74) is 1.02. The number of unbranched alkanes of at least 4 members (excludes halogenated alkanes) is 5. The Labute approximate surface area is 154 Å². The predicted octanol–water partition coefficient (Wildman–Crippen LogP) is 5.69. The first-order valence-electron chi connectivity index (χ1n) is 10.7. The second-order valence-corrected chi connectivity index (χ2v) is 8.55. The predicted molar refractivity (Wildman–Crippen MR) is 106 cm³/mol. The minimum absolute atomic E-state index is 0.395. The van der Waals surface area contributed by atoms with Gasteiger partial charge in [0.25, 0.3) is 0 Å². The Balaban J connectivity index is 1.51. The molecule has 2 atom stereocenters. The van der Waals surface area contributed by atoms with E-state index >= 15 is 0 Å². The van der Waals surface area contributed by atoms with Gasteiger partial charge in [0, 0.05) is 18.6 Å². The molecule has 3 rings (SSSR count). The number of fused-ring (bicyclic) bond motifs is 2. The number of nitrogens with zero attached hydrogens (tertiary/aromatic N) is 1. The normalized spacial score (nSPS) is 29.7. The van der Waals surface area contributed by atoms with Crippen molar-refractivity contribution in [3.05, 3.63) is 35.9 Å². The lowest BCUT2D eigenvalue weighted by Crippen LogP contribution is -2.57. The maximum absolute atomic E-state index is 11.2. The topological polar surface area (TPSA) is 23.5 Å². The van der Waals surface area contributed by atoms with Gasteiger partial charge in [-0.1, -0.05) is 82.2 Å². The molecule has 1 aromatic carbocycles. The average molecular weight is 344 g/mol. The van der Waals surface area contributed by atoms with Crippen LogP contribution in [0.4, 0.5) is 0 Å². The van der Waals surface area contributed by atoms with E-state index in [1.54, 1.807) is 0 Å². The highest BCUT2D eigenvalue weighted by atomic mass is 16.3. The number of hydrogen-bond donors (Lipinski definition) is 1. The third-order valence-electron chi connectivity index (χ3n) is 6.45. The molecule has 2 saturated heterocycles. The van der Waals surface area contributed by atoms with Crippen molar-refractivity contribution in [2.24, 2.45) is 0 Å². The molecule has 2 nitrogen and oxygen atoms in total. The van der Waals surface area contributed by atoms with Crippen LogP contribution in [0.5, 0.6) is 0 Å². The average Bonchev–Trinajstić information content (AvgIpc) is 2.60. The molecular formula is C23H37NO. The van der Waals surface area contributed by atoms with Gasteiger partial charge in [0.05, 0.1) is 5.60 Å². The van der Waals surface area contributed by atoms with Crippen LogP contribution in [0, 0.1) is 0 Å². The zero-order valence-corrected chi connectivity index (χ0v) is 16.1. The zero-order valence-electron chi connectivity index (χ0n) is 16.1. The van der Waals surface area contributed by atoms with Crippen molar-refractivity contribution in [2.75, 3.05) is 0 Å². The summed E-state index contributed by atoms with van der Waals surface area (Å²) >= 11 is 0. The summed E-state index contributed by atoms with van der Waals surface area (Å²) in [7, 11) is 0. The van der Waals surface area contributed by atoms with Gasteiger partial charge in [-0.15, -0.1) is 0 Å². The standard InChI is InChI=1S/C23H37NO/c1-2-3-4-5-6-10-16-23(25)17-21-14-11-15-22(18-23)24(21)19-20-12-8-7-9-13-20/h7-9,12-13,21-22,25H,2-6,10-11,14-19H2,1H3. The van der Waals surface area contributed by atoms with E-state index in [9.17, 15) is 5.11 Å². The van der Waals surface area contributed by atoms with Crippen molar-refractivity contribution in [3.63, 3.8) is 0 Å². The number of aliphatic hydroxyl groups is 1. The highest BCUT2D eigenvalue weighted by Gasteiger charge is 2.44. The molecule has 0 amide bonds. The highest BCUT2D eigenvalue weighted by molar-refractivity contribution is 5.15. The lowest BCUT2D eigenvalue weighted by molar-refractivity contribution is -0.0999. The SMILES string of the molecule is CCCCCCCCC1(O)CC2CCCC(C1)N2Cc1ccccc1. The van der Waals surface area contributed by atoms with E-state index in [2.05, 4.69) is 42.2 Å². The molecule has 2 aliphatic rings. The quantitative estimate of drug-likeness (QED) is 0.583. The van der Waals surface area contributed by atoms with E-state index in [0.29, 0.717) is 12.1 Å². The molecule has 2 heterocycles. The molecule has 0 aliphatic carbocycles. The maximum atomic E-state index is 11.2. The van der Waals surface area contributed by atoms with Gasteiger partial charge in [-0.05, 0) is 37.7 Å². The fourth-order valence-electron chi connectivity index (χ4n) is 5.11. The monoisotopic (exact) mass is 343 g/mol. The Bertz CT molecular complexity index is 486. The van der Waals surface area contributed by atoms with Crippen LogP contribution in [0.15, 0.2) is 30.3 Å². The summed E-state index contributed by atoms with van der Waals surface area (Å²) in [6.45, 7) is 3.33. The molecular weight excluding hydrogens is 306 g/mol. The van der Waals surface area contributed by atoms with Gasteiger partial charge in [-0.25, -0.2) is 0 Å². The smallest absolute Gasteiger partial charge is 0.0677 e. The molecule has 0 spiro atoms. The van der Waals surface area contributed by atoms with E-state index in [1.807, 2.05) is 0 Å². The van der Waals surface area contributed by atoms with E-state index in [0.717, 1.165) is 25.8 Å². The molecule has 0 aromatic heterocycles. The van der Waals surface area contributed by atoms with Crippen molar-refractivity contribution in [2.45, 2.75) is 108 Å². The summed E-state index contributed by atoms with van der Waals surface area (Å²) in [6.07, 6.45) is 14.8. The molecule has 2 heteroatoms. The van der Waals surface area contributed by atoms with Crippen LogP contribution in [0.1, 0.15) is 89.5 Å². The van der Waals surface area contributed by atoms with Crippen molar-refractivity contribution in [1.82, 2.24) is 4.90 Å². The van der Waals surface area contributed by atoms with Crippen molar-refractivity contribution >= 4 is 0 Å². The van der Waals surface area contributed by atoms with E-state index in [4.69, 9.17) is 0 Å².